The molecule has 0 bridgehead atoms. The van der Waals surface area contributed by atoms with Gasteiger partial charge in [-0.2, -0.15) is 10.5 Å². The minimum Gasteiger partial charge on any atom is -0.383 e. The number of carbonyl (C=O) groups is 1. The molecule has 0 spiro atoms. The standard InChI is InChI=1S/C18H15BrN4OS/c1-10(2)16-13(7-20)17(22)23-18(14(16)8-21)25-9-15(24)11-3-5-12(19)6-4-11/h3-6,10H,9H2,1-2H3,(H2,22,23). The van der Waals surface area contributed by atoms with Gasteiger partial charge >= 0.3 is 0 Å². The predicted octanol–water partition coefficient (Wildman–Crippen LogP) is 4.27. The molecule has 25 heavy (non-hydrogen) atoms. The van der Waals surface area contributed by atoms with Gasteiger partial charge in [-0.15, -0.1) is 0 Å². The molecule has 0 fully saturated rings. The first-order chi connectivity index (χ1) is 11.9. The zero-order chi connectivity index (χ0) is 18.6. The number of nitrogens with two attached hydrogens (primary N) is 1. The number of carbonyl (C=O) groups excluding carboxylic acids is 1. The summed E-state index contributed by atoms with van der Waals surface area (Å²) in [5, 5.41) is 19.2. The van der Waals surface area contributed by atoms with Gasteiger partial charge in [0, 0.05) is 10.0 Å². The molecule has 0 aliphatic carbocycles. The molecule has 1 aromatic carbocycles. The summed E-state index contributed by atoms with van der Waals surface area (Å²) in [5.74, 6) is 0.0868. The summed E-state index contributed by atoms with van der Waals surface area (Å²) in [5.41, 5.74) is 7.59. The molecular formula is C18H15BrN4OS. The van der Waals surface area contributed by atoms with Gasteiger partial charge in [0.25, 0.3) is 0 Å². The van der Waals surface area contributed by atoms with Crippen LogP contribution in [0, 0.1) is 22.7 Å². The van der Waals surface area contributed by atoms with Crippen molar-refractivity contribution in [3.63, 3.8) is 0 Å². The Kier molecular flexibility index (Phi) is 6.19. The maximum absolute atomic E-state index is 12.3. The second kappa shape index (κ2) is 8.15. The van der Waals surface area contributed by atoms with Crippen LogP contribution in [0.15, 0.2) is 33.8 Å². The Morgan fingerprint density at radius 3 is 2.36 bits per heavy atom. The van der Waals surface area contributed by atoms with Crippen molar-refractivity contribution in [3.05, 3.63) is 51.0 Å². The monoisotopic (exact) mass is 414 g/mol. The number of ketones is 1. The average molecular weight is 415 g/mol. The lowest BCUT2D eigenvalue weighted by Gasteiger charge is -2.14. The summed E-state index contributed by atoms with van der Waals surface area (Å²) >= 11 is 4.49. The third-order valence-electron chi connectivity index (χ3n) is 3.54. The summed E-state index contributed by atoms with van der Waals surface area (Å²) in [4.78, 5) is 16.5. The third-order valence-corrected chi connectivity index (χ3v) is 5.04. The Balaban J connectivity index is 2.34. The Morgan fingerprint density at radius 2 is 1.84 bits per heavy atom. The summed E-state index contributed by atoms with van der Waals surface area (Å²) in [6, 6.07) is 11.2. The van der Waals surface area contributed by atoms with Gasteiger partial charge in [-0.1, -0.05) is 53.7 Å². The maximum atomic E-state index is 12.3. The topological polar surface area (TPSA) is 104 Å². The first kappa shape index (κ1) is 19.0. The summed E-state index contributed by atoms with van der Waals surface area (Å²) in [6.45, 7) is 3.77. The van der Waals surface area contributed by atoms with Crippen LogP contribution < -0.4 is 5.73 Å². The molecule has 126 valence electrons. The van der Waals surface area contributed by atoms with Gasteiger partial charge in [-0.05, 0) is 23.6 Å². The number of nitriles is 2. The minimum atomic E-state index is -0.0720. The number of halogens is 1. The molecule has 2 N–H and O–H groups in total. The molecule has 0 saturated heterocycles. The van der Waals surface area contributed by atoms with E-state index < -0.39 is 0 Å². The van der Waals surface area contributed by atoms with Crippen molar-refractivity contribution in [1.82, 2.24) is 4.98 Å². The Hall–Kier alpha value is -2.35. The molecule has 2 rings (SSSR count). The van der Waals surface area contributed by atoms with Gasteiger partial charge in [0.1, 0.15) is 23.0 Å². The van der Waals surface area contributed by atoms with Crippen LogP contribution in [-0.2, 0) is 0 Å². The van der Waals surface area contributed by atoms with Crippen molar-refractivity contribution in [2.45, 2.75) is 24.8 Å². The number of anilines is 1. The number of hydrogen-bond acceptors (Lipinski definition) is 6. The fourth-order valence-electron chi connectivity index (χ4n) is 2.36. The number of nitrogen functional groups attached to an aromatic ring is 1. The molecule has 0 aliphatic rings. The number of aromatic nitrogens is 1. The predicted molar refractivity (Wildman–Crippen MR) is 101 cm³/mol. The van der Waals surface area contributed by atoms with Crippen molar-refractivity contribution >= 4 is 39.3 Å². The zero-order valence-electron chi connectivity index (χ0n) is 13.7. The molecular weight excluding hydrogens is 400 g/mol. The van der Waals surface area contributed by atoms with E-state index in [4.69, 9.17) is 5.73 Å². The van der Waals surface area contributed by atoms with E-state index in [-0.39, 0.29) is 28.8 Å². The number of Topliss-reactive ketones (excluding diaryl/α,β-unsaturated/α-hetero) is 1. The van der Waals surface area contributed by atoms with Gasteiger partial charge in [-0.3, -0.25) is 4.79 Å². The lowest BCUT2D eigenvalue weighted by molar-refractivity contribution is 0.102. The van der Waals surface area contributed by atoms with Crippen LogP contribution in [0.25, 0.3) is 0 Å². The summed E-state index contributed by atoms with van der Waals surface area (Å²) in [6.07, 6.45) is 0. The molecule has 0 unspecified atom stereocenters. The minimum absolute atomic E-state index is 0.0591. The maximum Gasteiger partial charge on any atom is 0.173 e. The van der Waals surface area contributed by atoms with Gasteiger partial charge in [-0.25, -0.2) is 4.98 Å². The SMILES string of the molecule is CC(C)c1c(C#N)c(N)nc(SCC(=O)c2ccc(Br)cc2)c1C#N. The van der Waals surface area contributed by atoms with Crippen LogP contribution in [0.1, 0.15) is 46.8 Å². The van der Waals surface area contributed by atoms with Crippen LogP contribution in [0.4, 0.5) is 5.82 Å². The van der Waals surface area contributed by atoms with Crippen LogP contribution in [0.3, 0.4) is 0 Å². The highest BCUT2D eigenvalue weighted by Gasteiger charge is 2.21. The first-order valence-corrected chi connectivity index (χ1v) is 9.22. The molecule has 0 radical (unpaired) electrons. The van der Waals surface area contributed by atoms with Gasteiger partial charge in [0.05, 0.1) is 16.9 Å². The van der Waals surface area contributed by atoms with E-state index in [1.165, 1.54) is 0 Å². The smallest absolute Gasteiger partial charge is 0.173 e. The van der Waals surface area contributed by atoms with Crippen molar-refractivity contribution in [2.24, 2.45) is 0 Å². The number of benzene rings is 1. The molecule has 0 saturated carbocycles. The van der Waals surface area contributed by atoms with E-state index in [9.17, 15) is 15.3 Å². The zero-order valence-corrected chi connectivity index (χ0v) is 16.1. The second-order valence-electron chi connectivity index (χ2n) is 5.56. The Morgan fingerprint density at radius 1 is 1.24 bits per heavy atom. The summed E-state index contributed by atoms with van der Waals surface area (Å²) in [7, 11) is 0. The van der Waals surface area contributed by atoms with Crippen molar-refractivity contribution in [3.8, 4) is 12.1 Å². The van der Waals surface area contributed by atoms with E-state index in [0.29, 0.717) is 21.7 Å². The molecule has 5 nitrogen and oxygen atoms in total. The lowest BCUT2D eigenvalue weighted by Crippen LogP contribution is -2.09. The first-order valence-electron chi connectivity index (χ1n) is 7.44. The van der Waals surface area contributed by atoms with Crippen LogP contribution >= 0.6 is 27.7 Å². The molecule has 7 heteroatoms. The third kappa shape index (κ3) is 4.19. The van der Waals surface area contributed by atoms with Crippen LogP contribution in [-0.4, -0.2) is 16.5 Å². The highest BCUT2D eigenvalue weighted by Crippen LogP contribution is 2.33. The average Bonchev–Trinajstić information content (AvgIpc) is 2.59. The second-order valence-corrected chi connectivity index (χ2v) is 7.44. The Bertz CT molecular complexity index is 895. The quantitative estimate of drug-likeness (QED) is 0.578. The van der Waals surface area contributed by atoms with E-state index in [0.717, 1.165) is 16.2 Å². The number of hydrogen-bond donors (Lipinski definition) is 1. The molecule has 1 heterocycles. The van der Waals surface area contributed by atoms with Gasteiger partial charge in [0.2, 0.25) is 0 Å². The van der Waals surface area contributed by atoms with Crippen molar-refractivity contribution in [1.29, 1.82) is 10.5 Å². The molecule has 0 amide bonds. The van der Waals surface area contributed by atoms with Crippen molar-refractivity contribution < 1.29 is 4.79 Å². The molecule has 1 aromatic heterocycles. The largest absolute Gasteiger partial charge is 0.383 e. The molecule has 0 atom stereocenters. The van der Waals surface area contributed by atoms with E-state index in [2.05, 4.69) is 27.0 Å². The Labute approximate surface area is 159 Å². The van der Waals surface area contributed by atoms with E-state index in [1.807, 2.05) is 19.9 Å². The fraction of sp³-hybridized carbons (Fsp3) is 0.222. The van der Waals surface area contributed by atoms with Crippen LogP contribution in [0.2, 0.25) is 0 Å². The van der Waals surface area contributed by atoms with Gasteiger partial charge < -0.3 is 5.73 Å². The van der Waals surface area contributed by atoms with Crippen LogP contribution in [0.5, 0.6) is 0 Å². The van der Waals surface area contributed by atoms with Crippen molar-refractivity contribution in [2.75, 3.05) is 11.5 Å². The number of nitrogens with zero attached hydrogens (tertiary/aromatic N) is 3. The highest BCUT2D eigenvalue weighted by molar-refractivity contribution is 9.10. The normalized spacial score (nSPS) is 10.3. The summed E-state index contributed by atoms with van der Waals surface area (Å²) < 4.78 is 0.895. The van der Waals surface area contributed by atoms with Gasteiger partial charge in [0.15, 0.2) is 5.78 Å². The number of pyridine rings is 1. The van der Waals surface area contributed by atoms with E-state index >= 15 is 0 Å². The molecule has 2 aromatic rings. The lowest BCUT2D eigenvalue weighted by atomic mass is 9.94. The fourth-order valence-corrected chi connectivity index (χ4v) is 3.52. The highest BCUT2D eigenvalue weighted by atomic mass is 79.9. The number of rotatable bonds is 5. The van der Waals surface area contributed by atoms with E-state index in [1.54, 1.807) is 24.3 Å². The number of thioether (sulfide) groups is 1. The molecule has 0 aliphatic heterocycles.